The Morgan fingerprint density at radius 1 is 1.28 bits per heavy atom. The zero-order valence-electron chi connectivity index (χ0n) is 8.72. The minimum atomic E-state index is 0.158. The summed E-state index contributed by atoms with van der Waals surface area (Å²) in [7, 11) is 0. The van der Waals surface area contributed by atoms with Gasteiger partial charge >= 0.3 is 6.01 Å². The van der Waals surface area contributed by atoms with Crippen LogP contribution in [-0.4, -0.2) is 18.9 Å². The number of benzene rings is 1. The van der Waals surface area contributed by atoms with Crippen molar-refractivity contribution in [1.82, 2.24) is 18.9 Å². The molecular weight excluding hydrogens is 297 g/mol. The number of hydrogen-bond donors (Lipinski definition) is 1. The van der Waals surface area contributed by atoms with E-state index >= 15 is 0 Å². The summed E-state index contributed by atoms with van der Waals surface area (Å²) >= 11 is 12.8. The van der Waals surface area contributed by atoms with Crippen LogP contribution in [0, 0.1) is 0 Å². The molecule has 92 valence electrons. The molecule has 0 saturated carbocycles. The Morgan fingerprint density at radius 2 is 2.17 bits per heavy atom. The molecule has 2 heterocycles. The van der Waals surface area contributed by atoms with Gasteiger partial charge in [-0.3, -0.25) is 0 Å². The predicted molar refractivity (Wildman–Crippen MR) is 69.6 cm³/mol. The quantitative estimate of drug-likeness (QED) is 0.749. The fraction of sp³-hybridized carbons (Fsp3) is 0.111. The van der Waals surface area contributed by atoms with Crippen molar-refractivity contribution < 1.29 is 4.42 Å². The number of rotatable bonds is 3. The maximum atomic E-state index is 6.11. The van der Waals surface area contributed by atoms with Crippen LogP contribution in [0.15, 0.2) is 16.5 Å². The number of hydrogen-bond acceptors (Lipinski definition) is 7. The van der Waals surface area contributed by atoms with E-state index in [0.717, 1.165) is 17.2 Å². The molecule has 1 aromatic carbocycles. The molecule has 0 aliphatic carbocycles. The molecule has 0 bridgehead atoms. The van der Waals surface area contributed by atoms with Gasteiger partial charge in [0, 0.05) is 0 Å². The van der Waals surface area contributed by atoms with E-state index < -0.39 is 0 Å². The first-order valence-electron chi connectivity index (χ1n) is 4.84. The molecule has 9 heteroatoms. The summed E-state index contributed by atoms with van der Waals surface area (Å²) in [5, 5.41) is 11.0. The highest BCUT2D eigenvalue weighted by Gasteiger charge is 2.13. The average Bonchev–Trinajstić information content (AvgIpc) is 3.01. The molecule has 18 heavy (non-hydrogen) atoms. The molecule has 0 aliphatic heterocycles. The van der Waals surface area contributed by atoms with Gasteiger partial charge in [-0.15, -0.1) is 16.7 Å². The standard InChI is InChI=1S/C9H5Cl2N5OS/c10-3-6-13-14-9(17-6)12-7-4(11)1-2-5-8(7)16-18-15-5/h1-2H,3H2,(H,12,14). The summed E-state index contributed by atoms with van der Waals surface area (Å²) in [6, 6.07) is 3.74. The van der Waals surface area contributed by atoms with Crippen LogP contribution in [0.4, 0.5) is 11.7 Å². The summed E-state index contributed by atoms with van der Waals surface area (Å²) in [6.45, 7) is 0. The van der Waals surface area contributed by atoms with E-state index in [1.165, 1.54) is 0 Å². The van der Waals surface area contributed by atoms with Gasteiger partial charge in [-0.05, 0) is 12.1 Å². The molecule has 0 atom stereocenters. The Balaban J connectivity index is 2.03. The summed E-state index contributed by atoms with van der Waals surface area (Å²) in [5.41, 5.74) is 2.01. The minimum Gasteiger partial charge on any atom is -0.407 e. The molecule has 6 nitrogen and oxygen atoms in total. The third kappa shape index (κ3) is 2.00. The highest BCUT2D eigenvalue weighted by molar-refractivity contribution is 7.00. The highest BCUT2D eigenvalue weighted by Crippen LogP contribution is 2.32. The lowest BCUT2D eigenvalue weighted by atomic mass is 10.2. The predicted octanol–water partition coefficient (Wildman–Crippen LogP) is 3.21. The fourth-order valence-corrected chi connectivity index (χ4v) is 2.26. The maximum absolute atomic E-state index is 6.11. The zero-order chi connectivity index (χ0) is 12.5. The second-order valence-electron chi connectivity index (χ2n) is 3.31. The molecule has 3 rings (SSSR count). The Kier molecular flexibility index (Phi) is 3.02. The van der Waals surface area contributed by atoms with Crippen LogP contribution in [0.3, 0.4) is 0 Å². The largest absolute Gasteiger partial charge is 0.407 e. The molecule has 1 N–H and O–H groups in total. The molecule has 0 fully saturated rings. The second kappa shape index (κ2) is 4.68. The third-order valence-corrected chi connectivity index (χ3v) is 3.28. The lowest BCUT2D eigenvalue weighted by Gasteiger charge is -2.03. The highest BCUT2D eigenvalue weighted by atomic mass is 35.5. The van der Waals surface area contributed by atoms with Crippen LogP contribution in [0.1, 0.15) is 5.89 Å². The van der Waals surface area contributed by atoms with Crippen LogP contribution in [0.2, 0.25) is 5.02 Å². The van der Waals surface area contributed by atoms with Gasteiger partial charge in [0.25, 0.3) is 0 Å². The van der Waals surface area contributed by atoms with Gasteiger partial charge in [-0.25, -0.2) is 0 Å². The summed E-state index contributed by atoms with van der Waals surface area (Å²) in [6.07, 6.45) is 0. The lowest BCUT2D eigenvalue weighted by Crippen LogP contribution is -1.93. The van der Waals surface area contributed by atoms with Crippen molar-refractivity contribution >= 4 is 57.7 Å². The average molecular weight is 302 g/mol. The van der Waals surface area contributed by atoms with E-state index in [1.54, 1.807) is 12.1 Å². The first-order chi connectivity index (χ1) is 8.78. The van der Waals surface area contributed by atoms with Gasteiger partial charge in [0.05, 0.1) is 22.4 Å². The molecule has 0 radical (unpaired) electrons. The fourth-order valence-electron chi connectivity index (χ4n) is 1.41. The number of halogens is 2. The van der Waals surface area contributed by atoms with Crippen molar-refractivity contribution in [3.63, 3.8) is 0 Å². The number of nitrogens with zero attached hydrogens (tertiary/aromatic N) is 4. The second-order valence-corrected chi connectivity index (χ2v) is 4.52. The van der Waals surface area contributed by atoms with Crippen molar-refractivity contribution in [1.29, 1.82) is 0 Å². The van der Waals surface area contributed by atoms with Gasteiger partial charge in [0.2, 0.25) is 5.89 Å². The van der Waals surface area contributed by atoms with Crippen LogP contribution < -0.4 is 5.32 Å². The number of nitrogens with one attached hydrogen (secondary N) is 1. The van der Waals surface area contributed by atoms with Crippen LogP contribution in [0.25, 0.3) is 11.0 Å². The van der Waals surface area contributed by atoms with Crippen molar-refractivity contribution in [2.45, 2.75) is 5.88 Å². The van der Waals surface area contributed by atoms with E-state index in [4.69, 9.17) is 27.6 Å². The topological polar surface area (TPSA) is 76.7 Å². The zero-order valence-corrected chi connectivity index (χ0v) is 11.1. The molecule has 0 aliphatic rings. The Labute approximate surface area is 115 Å². The normalized spacial score (nSPS) is 11.0. The number of fused-ring (bicyclic) bond motifs is 1. The summed E-state index contributed by atoms with van der Waals surface area (Å²) in [4.78, 5) is 0. The van der Waals surface area contributed by atoms with Gasteiger partial charge in [0.15, 0.2) is 0 Å². The van der Waals surface area contributed by atoms with E-state index in [0.29, 0.717) is 22.1 Å². The Bertz CT molecular complexity index is 697. The monoisotopic (exact) mass is 301 g/mol. The van der Waals surface area contributed by atoms with Crippen LogP contribution in [0.5, 0.6) is 0 Å². The minimum absolute atomic E-state index is 0.158. The molecular formula is C9H5Cl2N5OS. The van der Waals surface area contributed by atoms with E-state index in [-0.39, 0.29) is 11.9 Å². The Morgan fingerprint density at radius 3 is 2.94 bits per heavy atom. The van der Waals surface area contributed by atoms with Gasteiger partial charge in [0.1, 0.15) is 16.9 Å². The van der Waals surface area contributed by atoms with Crippen LogP contribution in [-0.2, 0) is 5.88 Å². The first kappa shape index (κ1) is 11.6. The van der Waals surface area contributed by atoms with E-state index in [1.807, 2.05) is 0 Å². The van der Waals surface area contributed by atoms with Crippen molar-refractivity contribution in [3.05, 3.63) is 23.0 Å². The smallest absolute Gasteiger partial charge is 0.320 e. The SMILES string of the molecule is ClCc1nnc(Nc2c(Cl)ccc3nsnc23)o1. The first-order valence-corrected chi connectivity index (χ1v) is 6.48. The third-order valence-electron chi connectivity index (χ3n) is 2.19. The molecule has 3 aromatic rings. The molecule has 2 aromatic heterocycles. The van der Waals surface area contributed by atoms with Gasteiger partial charge in [-0.2, -0.15) is 8.75 Å². The lowest BCUT2D eigenvalue weighted by molar-refractivity contribution is 0.530. The molecule has 0 unspecified atom stereocenters. The summed E-state index contributed by atoms with van der Waals surface area (Å²) < 4.78 is 13.5. The number of alkyl halides is 1. The van der Waals surface area contributed by atoms with Crippen molar-refractivity contribution in [2.75, 3.05) is 5.32 Å². The maximum Gasteiger partial charge on any atom is 0.320 e. The van der Waals surface area contributed by atoms with Gasteiger partial charge < -0.3 is 9.73 Å². The number of aromatic nitrogens is 4. The molecule has 0 amide bonds. The van der Waals surface area contributed by atoms with E-state index in [9.17, 15) is 0 Å². The van der Waals surface area contributed by atoms with Gasteiger partial charge in [-0.1, -0.05) is 16.7 Å². The Hall–Kier alpha value is -1.44. The molecule has 0 saturated heterocycles. The van der Waals surface area contributed by atoms with Crippen LogP contribution >= 0.6 is 34.9 Å². The number of anilines is 2. The molecule has 0 spiro atoms. The summed E-state index contributed by atoms with van der Waals surface area (Å²) in [5.74, 6) is 0.490. The van der Waals surface area contributed by atoms with E-state index in [2.05, 4.69) is 24.3 Å². The van der Waals surface area contributed by atoms with Crippen molar-refractivity contribution in [2.24, 2.45) is 0 Å². The van der Waals surface area contributed by atoms with Crippen molar-refractivity contribution in [3.8, 4) is 0 Å².